The van der Waals surface area contributed by atoms with Crippen molar-refractivity contribution >= 4 is 0 Å². The van der Waals surface area contributed by atoms with Crippen LogP contribution < -0.4 is 15.3 Å². The number of rotatable bonds is 3. The van der Waals surface area contributed by atoms with Crippen LogP contribution in [0.15, 0.2) is 0 Å². The standard InChI is InChI=1S/3C3H7O.Mn/c3*1-2-3-4;/h3*2-3H2,1H3;/q3*-1;+3. The van der Waals surface area contributed by atoms with Gasteiger partial charge in [-0.3, -0.25) is 0 Å². The Labute approximate surface area is 92.6 Å². The summed E-state index contributed by atoms with van der Waals surface area (Å²) in [5.41, 5.74) is 0. The second kappa shape index (κ2) is 39.3. The van der Waals surface area contributed by atoms with Crippen LogP contribution in [0.4, 0.5) is 0 Å². The first-order chi connectivity index (χ1) is 5.74. The average Bonchev–Trinajstić information content (AvgIpc) is 2.18. The van der Waals surface area contributed by atoms with Crippen molar-refractivity contribution in [3.63, 3.8) is 0 Å². The predicted molar refractivity (Wildman–Crippen MR) is 45.5 cm³/mol. The third kappa shape index (κ3) is 116. The van der Waals surface area contributed by atoms with Gasteiger partial charge in [-0.2, -0.15) is 0 Å². The van der Waals surface area contributed by atoms with Gasteiger partial charge in [-0.15, -0.1) is 19.8 Å². The Balaban J connectivity index is -0.0000000450. The molecule has 0 aliphatic rings. The fourth-order valence-electron chi connectivity index (χ4n) is 0. The average molecular weight is 232 g/mol. The molecule has 0 bridgehead atoms. The van der Waals surface area contributed by atoms with Crippen LogP contribution >= 0.6 is 0 Å². The van der Waals surface area contributed by atoms with E-state index in [1.54, 1.807) is 0 Å². The maximum absolute atomic E-state index is 9.30. The fourth-order valence-corrected chi connectivity index (χ4v) is 0. The molecule has 0 radical (unpaired) electrons. The summed E-state index contributed by atoms with van der Waals surface area (Å²) in [4.78, 5) is 0. The molecular weight excluding hydrogens is 211 g/mol. The summed E-state index contributed by atoms with van der Waals surface area (Å²) in [6.45, 7) is 5.81. The first-order valence-electron chi connectivity index (χ1n) is 4.49. The number of hydrogen-bond acceptors (Lipinski definition) is 3. The van der Waals surface area contributed by atoms with Crippen LogP contribution in [0.5, 0.6) is 0 Å². The van der Waals surface area contributed by atoms with E-state index in [4.69, 9.17) is 0 Å². The molecule has 0 aromatic heterocycles. The molecule has 0 amide bonds. The molecule has 0 aliphatic heterocycles. The monoisotopic (exact) mass is 232 g/mol. The van der Waals surface area contributed by atoms with Crippen molar-refractivity contribution < 1.29 is 32.4 Å². The molecule has 0 spiro atoms. The van der Waals surface area contributed by atoms with Crippen molar-refractivity contribution in [1.82, 2.24) is 0 Å². The number of hydrogen-bond donors (Lipinski definition) is 0. The second-order valence-corrected chi connectivity index (χ2v) is 2.11. The SMILES string of the molecule is CCC[O-].CCC[O-].CCC[O-].[Mn+3]. The molecule has 0 N–H and O–H groups in total. The Bertz CT molecular complexity index is 30.3. The summed E-state index contributed by atoms with van der Waals surface area (Å²) in [5, 5.41) is 27.9. The minimum absolute atomic E-state index is 0. The predicted octanol–water partition coefficient (Wildman–Crippen LogP) is -0.732. The minimum Gasteiger partial charge on any atom is -0.854 e. The van der Waals surface area contributed by atoms with Crippen molar-refractivity contribution in [2.24, 2.45) is 0 Å². The van der Waals surface area contributed by atoms with Crippen molar-refractivity contribution in [1.29, 1.82) is 0 Å². The van der Waals surface area contributed by atoms with Crippen LogP contribution in [0.25, 0.3) is 0 Å². The van der Waals surface area contributed by atoms with Gasteiger partial charge in [-0.05, 0) is 0 Å². The first kappa shape index (κ1) is 23.3. The molecule has 0 heterocycles. The van der Waals surface area contributed by atoms with E-state index in [-0.39, 0.29) is 36.9 Å². The molecule has 82 valence electrons. The molecule has 0 aliphatic carbocycles. The molecule has 0 saturated carbocycles. The van der Waals surface area contributed by atoms with E-state index in [0.717, 1.165) is 19.3 Å². The molecular formula is C9H21MnO3. The molecule has 0 unspecified atom stereocenters. The van der Waals surface area contributed by atoms with E-state index in [1.807, 2.05) is 20.8 Å². The summed E-state index contributed by atoms with van der Waals surface area (Å²) >= 11 is 0. The van der Waals surface area contributed by atoms with Gasteiger partial charge in [0, 0.05) is 0 Å². The zero-order chi connectivity index (χ0) is 10.2. The van der Waals surface area contributed by atoms with Gasteiger partial charge in [0.05, 0.1) is 0 Å². The Morgan fingerprint density at radius 2 is 0.692 bits per heavy atom. The van der Waals surface area contributed by atoms with Crippen LogP contribution in [-0.4, -0.2) is 19.8 Å². The van der Waals surface area contributed by atoms with Crippen molar-refractivity contribution in [2.45, 2.75) is 40.0 Å². The second-order valence-electron chi connectivity index (χ2n) is 2.11. The van der Waals surface area contributed by atoms with Crippen LogP contribution in [0.3, 0.4) is 0 Å². The Kier molecular flexibility index (Phi) is 70.6. The summed E-state index contributed by atoms with van der Waals surface area (Å²) < 4.78 is 0. The Morgan fingerprint density at radius 1 is 0.615 bits per heavy atom. The van der Waals surface area contributed by atoms with E-state index in [2.05, 4.69) is 0 Å². The van der Waals surface area contributed by atoms with Gasteiger partial charge in [-0.1, -0.05) is 40.0 Å². The van der Waals surface area contributed by atoms with E-state index < -0.39 is 0 Å². The molecule has 0 rings (SSSR count). The zero-order valence-electron chi connectivity index (χ0n) is 8.85. The van der Waals surface area contributed by atoms with E-state index in [1.165, 1.54) is 0 Å². The topological polar surface area (TPSA) is 69.2 Å². The van der Waals surface area contributed by atoms with Gasteiger partial charge in [0.1, 0.15) is 0 Å². The van der Waals surface area contributed by atoms with Crippen molar-refractivity contribution in [3.05, 3.63) is 0 Å². The normalized spacial score (nSPS) is 6.92. The summed E-state index contributed by atoms with van der Waals surface area (Å²) in [7, 11) is 0. The van der Waals surface area contributed by atoms with Crippen LogP contribution in [-0.2, 0) is 17.1 Å². The van der Waals surface area contributed by atoms with E-state index in [9.17, 15) is 15.3 Å². The third-order valence-electron chi connectivity index (χ3n) is 0.612. The molecule has 4 heteroatoms. The summed E-state index contributed by atoms with van der Waals surface area (Å²) in [6.07, 6.45) is 2.29. The molecule has 3 nitrogen and oxygen atoms in total. The van der Waals surface area contributed by atoms with Gasteiger partial charge < -0.3 is 15.3 Å². The van der Waals surface area contributed by atoms with Crippen molar-refractivity contribution in [2.75, 3.05) is 19.8 Å². The van der Waals surface area contributed by atoms with Crippen LogP contribution in [0.2, 0.25) is 0 Å². The van der Waals surface area contributed by atoms with Crippen LogP contribution in [0.1, 0.15) is 40.0 Å². The largest absolute Gasteiger partial charge is 3.00 e. The molecule has 0 aromatic rings. The maximum atomic E-state index is 9.30. The Morgan fingerprint density at radius 3 is 0.692 bits per heavy atom. The third-order valence-corrected chi connectivity index (χ3v) is 0.612. The maximum Gasteiger partial charge on any atom is 3.00 e. The molecule has 0 fully saturated rings. The minimum atomic E-state index is 0. The summed E-state index contributed by atoms with van der Waals surface area (Å²) in [5.74, 6) is 0. The quantitative estimate of drug-likeness (QED) is 0.602. The van der Waals surface area contributed by atoms with Crippen molar-refractivity contribution in [3.8, 4) is 0 Å². The molecule has 13 heavy (non-hydrogen) atoms. The smallest absolute Gasteiger partial charge is 0.854 e. The first-order valence-corrected chi connectivity index (χ1v) is 4.49. The molecule has 0 atom stereocenters. The van der Waals surface area contributed by atoms with E-state index >= 15 is 0 Å². The Hall–Kier alpha value is 0.399. The van der Waals surface area contributed by atoms with Gasteiger partial charge in [0.25, 0.3) is 0 Å². The zero-order valence-corrected chi connectivity index (χ0v) is 10.0. The molecule has 0 saturated heterocycles. The summed E-state index contributed by atoms with van der Waals surface area (Å²) in [6, 6.07) is 0. The van der Waals surface area contributed by atoms with Gasteiger partial charge >= 0.3 is 17.1 Å². The molecule has 0 aromatic carbocycles. The van der Waals surface area contributed by atoms with Crippen LogP contribution in [0, 0.1) is 0 Å². The fraction of sp³-hybridized carbons (Fsp3) is 1.00. The van der Waals surface area contributed by atoms with Gasteiger partial charge in [-0.25, -0.2) is 0 Å². The van der Waals surface area contributed by atoms with Gasteiger partial charge in [0.2, 0.25) is 0 Å². The van der Waals surface area contributed by atoms with E-state index in [0.29, 0.717) is 0 Å². The van der Waals surface area contributed by atoms with Gasteiger partial charge in [0.15, 0.2) is 0 Å².